The molecule has 1 rings (SSSR count). The summed E-state index contributed by atoms with van der Waals surface area (Å²) < 4.78 is 6.22. The number of ether oxygens (including phenoxy) is 1. The molecule has 6 heteroatoms. The third kappa shape index (κ3) is 3.46. The molecule has 0 saturated carbocycles. The Labute approximate surface area is 111 Å². The standard InChI is InChI=1S/C12H19ClN2O3/c1-8-9(13)14-11(17)15(10(8)16)7-12(2,3)5-6-18-4/h5-7H2,1-4H3,(H,14,17). The van der Waals surface area contributed by atoms with Gasteiger partial charge in [0, 0.05) is 25.8 Å². The van der Waals surface area contributed by atoms with Crippen molar-refractivity contribution in [2.24, 2.45) is 5.41 Å². The number of hydrogen-bond acceptors (Lipinski definition) is 3. The molecule has 5 nitrogen and oxygen atoms in total. The number of H-pyrrole nitrogens is 1. The van der Waals surface area contributed by atoms with E-state index in [0.717, 1.165) is 6.42 Å². The van der Waals surface area contributed by atoms with Gasteiger partial charge in [-0.15, -0.1) is 0 Å². The van der Waals surface area contributed by atoms with Gasteiger partial charge < -0.3 is 4.74 Å². The fourth-order valence-electron chi connectivity index (χ4n) is 1.67. The van der Waals surface area contributed by atoms with Gasteiger partial charge in [0.2, 0.25) is 0 Å². The van der Waals surface area contributed by atoms with Crippen LogP contribution in [0.25, 0.3) is 0 Å². The third-order valence-corrected chi connectivity index (χ3v) is 3.30. The van der Waals surface area contributed by atoms with E-state index >= 15 is 0 Å². The first-order valence-electron chi connectivity index (χ1n) is 5.76. The maximum absolute atomic E-state index is 12.0. The van der Waals surface area contributed by atoms with Gasteiger partial charge in [0.1, 0.15) is 5.15 Å². The molecule has 0 atom stereocenters. The highest BCUT2D eigenvalue weighted by atomic mass is 35.5. The Morgan fingerprint density at radius 3 is 2.56 bits per heavy atom. The molecule has 0 fully saturated rings. The van der Waals surface area contributed by atoms with Gasteiger partial charge in [0.05, 0.1) is 0 Å². The molecule has 1 heterocycles. The topological polar surface area (TPSA) is 64.1 Å². The molecule has 0 aliphatic heterocycles. The van der Waals surface area contributed by atoms with Gasteiger partial charge in [-0.2, -0.15) is 0 Å². The fourth-order valence-corrected chi connectivity index (χ4v) is 1.83. The first kappa shape index (κ1) is 15.0. The average molecular weight is 275 g/mol. The van der Waals surface area contributed by atoms with Gasteiger partial charge in [0.15, 0.2) is 0 Å². The quantitative estimate of drug-likeness (QED) is 0.829. The largest absolute Gasteiger partial charge is 0.385 e. The first-order valence-corrected chi connectivity index (χ1v) is 6.14. The maximum atomic E-state index is 12.0. The second-order valence-corrected chi connectivity index (χ2v) is 5.55. The summed E-state index contributed by atoms with van der Waals surface area (Å²) in [5.74, 6) is 0. The molecule has 0 unspecified atom stereocenters. The summed E-state index contributed by atoms with van der Waals surface area (Å²) in [4.78, 5) is 26.2. The second kappa shape index (κ2) is 5.71. The predicted octanol–water partition coefficient (Wildman–Crippen LogP) is 1.56. The number of nitrogens with zero attached hydrogens (tertiary/aromatic N) is 1. The van der Waals surface area contributed by atoms with E-state index in [-0.39, 0.29) is 16.1 Å². The summed E-state index contributed by atoms with van der Waals surface area (Å²) in [6.45, 7) is 6.50. The molecule has 0 spiro atoms. The van der Waals surface area contributed by atoms with Crippen molar-refractivity contribution in [2.75, 3.05) is 13.7 Å². The normalized spacial score (nSPS) is 11.8. The molecule has 0 amide bonds. The van der Waals surface area contributed by atoms with E-state index in [1.807, 2.05) is 13.8 Å². The van der Waals surface area contributed by atoms with Gasteiger partial charge in [0.25, 0.3) is 5.56 Å². The summed E-state index contributed by atoms with van der Waals surface area (Å²) in [7, 11) is 1.63. The molecule has 0 radical (unpaired) electrons. The van der Waals surface area contributed by atoms with E-state index in [1.165, 1.54) is 4.57 Å². The molecule has 0 bridgehead atoms. The van der Waals surface area contributed by atoms with Gasteiger partial charge >= 0.3 is 5.69 Å². The SMILES string of the molecule is COCCC(C)(C)Cn1c(=O)[nH]c(Cl)c(C)c1=O. The van der Waals surface area contributed by atoms with E-state index in [2.05, 4.69) is 4.98 Å². The Morgan fingerprint density at radius 2 is 2.00 bits per heavy atom. The predicted molar refractivity (Wildman–Crippen MR) is 71.3 cm³/mol. The van der Waals surface area contributed by atoms with Crippen LogP contribution in [0.4, 0.5) is 0 Å². The smallest absolute Gasteiger partial charge is 0.329 e. The maximum Gasteiger partial charge on any atom is 0.329 e. The van der Waals surface area contributed by atoms with Crippen molar-refractivity contribution in [3.05, 3.63) is 31.6 Å². The summed E-state index contributed by atoms with van der Waals surface area (Å²) >= 11 is 5.76. The minimum Gasteiger partial charge on any atom is -0.385 e. The third-order valence-electron chi connectivity index (χ3n) is 2.93. The van der Waals surface area contributed by atoms with E-state index in [9.17, 15) is 9.59 Å². The fraction of sp³-hybridized carbons (Fsp3) is 0.667. The van der Waals surface area contributed by atoms with Crippen LogP contribution in [0.2, 0.25) is 5.15 Å². The molecule has 0 aromatic carbocycles. The lowest BCUT2D eigenvalue weighted by molar-refractivity contribution is 0.141. The van der Waals surface area contributed by atoms with Crippen molar-refractivity contribution >= 4 is 11.6 Å². The van der Waals surface area contributed by atoms with Crippen molar-refractivity contribution in [3.8, 4) is 0 Å². The molecule has 1 N–H and O–H groups in total. The summed E-state index contributed by atoms with van der Waals surface area (Å²) in [5.41, 5.74) is -0.651. The highest BCUT2D eigenvalue weighted by molar-refractivity contribution is 6.30. The lowest BCUT2D eigenvalue weighted by Crippen LogP contribution is -2.40. The molecule has 102 valence electrons. The zero-order valence-electron chi connectivity index (χ0n) is 11.2. The summed E-state index contributed by atoms with van der Waals surface area (Å²) in [6, 6.07) is 0. The highest BCUT2D eigenvalue weighted by Gasteiger charge is 2.21. The Morgan fingerprint density at radius 1 is 1.39 bits per heavy atom. The molecule has 1 aromatic heterocycles. The van der Waals surface area contributed by atoms with Crippen molar-refractivity contribution in [1.82, 2.24) is 9.55 Å². The van der Waals surface area contributed by atoms with Crippen LogP contribution in [0.3, 0.4) is 0 Å². The van der Waals surface area contributed by atoms with E-state index in [1.54, 1.807) is 14.0 Å². The molecule has 0 aliphatic rings. The van der Waals surface area contributed by atoms with Crippen molar-refractivity contribution < 1.29 is 4.74 Å². The van der Waals surface area contributed by atoms with Crippen LogP contribution in [0.5, 0.6) is 0 Å². The average Bonchev–Trinajstić information content (AvgIpc) is 2.29. The Balaban J connectivity index is 3.09. The van der Waals surface area contributed by atoms with Gasteiger partial charge in [-0.3, -0.25) is 14.3 Å². The monoisotopic (exact) mass is 274 g/mol. The zero-order valence-corrected chi connectivity index (χ0v) is 11.9. The zero-order chi connectivity index (χ0) is 13.9. The lowest BCUT2D eigenvalue weighted by atomic mass is 9.89. The molecule has 0 saturated heterocycles. The molecule has 0 aliphatic carbocycles. The Hall–Kier alpha value is -1.07. The Bertz CT molecular complexity index is 531. The van der Waals surface area contributed by atoms with Crippen molar-refractivity contribution in [3.63, 3.8) is 0 Å². The number of nitrogens with one attached hydrogen (secondary N) is 1. The van der Waals surface area contributed by atoms with E-state index in [4.69, 9.17) is 16.3 Å². The van der Waals surface area contributed by atoms with Gasteiger partial charge in [-0.1, -0.05) is 25.4 Å². The minimum atomic E-state index is -0.471. The Kier molecular flexibility index (Phi) is 4.76. The van der Waals surface area contributed by atoms with Gasteiger partial charge in [-0.05, 0) is 18.8 Å². The summed E-state index contributed by atoms with van der Waals surface area (Å²) in [5, 5.41) is 0.107. The van der Waals surface area contributed by atoms with Crippen LogP contribution in [0, 0.1) is 12.3 Å². The van der Waals surface area contributed by atoms with Crippen LogP contribution in [0.15, 0.2) is 9.59 Å². The molecule has 18 heavy (non-hydrogen) atoms. The van der Waals surface area contributed by atoms with Crippen molar-refractivity contribution in [1.29, 1.82) is 0 Å². The van der Waals surface area contributed by atoms with Crippen LogP contribution in [-0.2, 0) is 11.3 Å². The summed E-state index contributed by atoms with van der Waals surface area (Å²) in [6.07, 6.45) is 0.761. The van der Waals surface area contributed by atoms with Crippen LogP contribution >= 0.6 is 11.6 Å². The number of aromatic amines is 1. The molecular weight excluding hydrogens is 256 g/mol. The molecular formula is C12H19ClN2O3. The van der Waals surface area contributed by atoms with E-state index in [0.29, 0.717) is 18.7 Å². The number of methoxy groups -OCH3 is 1. The van der Waals surface area contributed by atoms with Crippen LogP contribution in [-0.4, -0.2) is 23.3 Å². The van der Waals surface area contributed by atoms with Crippen LogP contribution < -0.4 is 11.2 Å². The molecule has 1 aromatic rings. The number of hydrogen-bond donors (Lipinski definition) is 1. The second-order valence-electron chi connectivity index (χ2n) is 5.17. The number of rotatable bonds is 5. The number of aromatic nitrogens is 2. The van der Waals surface area contributed by atoms with Crippen molar-refractivity contribution in [2.45, 2.75) is 33.7 Å². The van der Waals surface area contributed by atoms with Gasteiger partial charge in [-0.25, -0.2) is 4.79 Å². The van der Waals surface area contributed by atoms with Crippen LogP contribution in [0.1, 0.15) is 25.8 Å². The van der Waals surface area contributed by atoms with E-state index < -0.39 is 5.69 Å². The minimum absolute atomic E-state index is 0.107. The first-order chi connectivity index (χ1) is 8.28. The lowest BCUT2D eigenvalue weighted by Gasteiger charge is -2.24. The number of halogens is 1. The highest BCUT2D eigenvalue weighted by Crippen LogP contribution is 2.21.